The molecular weight excluding hydrogens is 378 g/mol. The van der Waals surface area contributed by atoms with E-state index in [1.54, 1.807) is 49.4 Å². The van der Waals surface area contributed by atoms with Crippen LogP contribution in [0.5, 0.6) is 0 Å². The first-order valence-corrected chi connectivity index (χ1v) is 10.7. The van der Waals surface area contributed by atoms with E-state index in [1.165, 1.54) is 11.2 Å². The Labute approximate surface area is 164 Å². The molecule has 0 saturated carbocycles. The number of anilines is 3. The minimum Gasteiger partial charge on any atom is -0.326 e. The number of sulfonamides is 1. The maximum atomic E-state index is 12.6. The monoisotopic (exact) mass is 401 g/mol. The van der Waals surface area contributed by atoms with E-state index in [0.29, 0.717) is 35.6 Å². The lowest BCUT2D eigenvalue weighted by atomic mass is 10.1. The minimum atomic E-state index is -3.30. The fourth-order valence-corrected chi connectivity index (χ4v) is 4.92. The molecular formula is C20H23N3O4S. The van der Waals surface area contributed by atoms with Gasteiger partial charge >= 0.3 is 0 Å². The van der Waals surface area contributed by atoms with Crippen LogP contribution in [-0.4, -0.2) is 32.5 Å². The van der Waals surface area contributed by atoms with Crippen molar-refractivity contribution in [3.63, 3.8) is 0 Å². The number of benzene rings is 2. The molecule has 1 fully saturated rings. The van der Waals surface area contributed by atoms with Gasteiger partial charge in [-0.1, -0.05) is 6.07 Å². The summed E-state index contributed by atoms with van der Waals surface area (Å²) in [4.78, 5) is 23.8. The standard InChI is InChI=1S/C20H23N3O4S/c1-14-12-16(8-9-19(14)23-10-3-4-11-28(23,26)27)20(25)22-18-7-5-6-17(13-18)21-15(2)24/h5-9,12-13H,3-4,10-11H2,1-2H3,(H,21,24)(H,22,25). The predicted octanol–water partition coefficient (Wildman–Crippen LogP) is 3.14. The molecule has 1 aliphatic rings. The number of rotatable bonds is 4. The van der Waals surface area contributed by atoms with Gasteiger partial charge in [-0.2, -0.15) is 0 Å². The summed E-state index contributed by atoms with van der Waals surface area (Å²) < 4.78 is 26.1. The van der Waals surface area contributed by atoms with Crippen LogP contribution in [0.15, 0.2) is 42.5 Å². The molecule has 2 aromatic rings. The largest absolute Gasteiger partial charge is 0.326 e. The van der Waals surface area contributed by atoms with E-state index in [0.717, 1.165) is 12.0 Å². The second-order valence-corrected chi connectivity index (χ2v) is 8.83. The van der Waals surface area contributed by atoms with Crippen LogP contribution in [-0.2, 0) is 14.8 Å². The molecule has 0 aromatic heterocycles. The second kappa shape index (κ2) is 8.02. The van der Waals surface area contributed by atoms with Gasteiger partial charge in [0.05, 0.1) is 11.4 Å². The highest BCUT2D eigenvalue weighted by Crippen LogP contribution is 2.28. The molecule has 2 aromatic carbocycles. The molecule has 1 saturated heterocycles. The molecule has 0 bridgehead atoms. The summed E-state index contributed by atoms with van der Waals surface area (Å²) in [6, 6.07) is 11.9. The van der Waals surface area contributed by atoms with Crippen molar-refractivity contribution in [2.45, 2.75) is 26.7 Å². The summed E-state index contributed by atoms with van der Waals surface area (Å²) in [7, 11) is -3.30. The zero-order valence-corrected chi connectivity index (χ0v) is 16.7. The van der Waals surface area contributed by atoms with Crippen LogP contribution < -0.4 is 14.9 Å². The quantitative estimate of drug-likeness (QED) is 0.823. The van der Waals surface area contributed by atoms with E-state index in [9.17, 15) is 18.0 Å². The average Bonchev–Trinajstić information content (AvgIpc) is 2.61. The summed E-state index contributed by atoms with van der Waals surface area (Å²) in [5.41, 5.74) is 2.92. The number of carbonyl (C=O) groups excluding carboxylic acids is 2. The summed E-state index contributed by atoms with van der Waals surface area (Å²) in [5, 5.41) is 5.46. The Morgan fingerprint density at radius 1 is 1.00 bits per heavy atom. The topological polar surface area (TPSA) is 95.6 Å². The Hall–Kier alpha value is -2.87. The van der Waals surface area contributed by atoms with Gasteiger partial charge in [0, 0.05) is 30.4 Å². The number of nitrogens with zero attached hydrogens (tertiary/aromatic N) is 1. The molecule has 1 aliphatic heterocycles. The zero-order chi connectivity index (χ0) is 20.3. The molecule has 2 amide bonds. The van der Waals surface area contributed by atoms with E-state index in [2.05, 4.69) is 10.6 Å². The van der Waals surface area contributed by atoms with Gasteiger partial charge in [-0.25, -0.2) is 8.42 Å². The number of nitrogens with one attached hydrogen (secondary N) is 2. The van der Waals surface area contributed by atoms with Crippen LogP contribution >= 0.6 is 0 Å². The molecule has 0 radical (unpaired) electrons. The third-order valence-corrected chi connectivity index (χ3v) is 6.37. The van der Waals surface area contributed by atoms with Crippen LogP contribution in [0.2, 0.25) is 0 Å². The van der Waals surface area contributed by atoms with Crippen molar-refractivity contribution in [3.05, 3.63) is 53.6 Å². The predicted molar refractivity (Wildman–Crippen MR) is 110 cm³/mol. The lowest BCUT2D eigenvalue weighted by Gasteiger charge is -2.29. The van der Waals surface area contributed by atoms with Crippen molar-refractivity contribution in [3.8, 4) is 0 Å². The lowest BCUT2D eigenvalue weighted by molar-refractivity contribution is -0.114. The molecule has 1 heterocycles. The van der Waals surface area contributed by atoms with Gasteiger partial charge in [-0.15, -0.1) is 0 Å². The van der Waals surface area contributed by atoms with Crippen LogP contribution in [0.4, 0.5) is 17.1 Å². The van der Waals surface area contributed by atoms with Gasteiger partial charge in [-0.05, 0) is 61.7 Å². The highest BCUT2D eigenvalue weighted by Gasteiger charge is 2.27. The third-order valence-electron chi connectivity index (χ3n) is 4.52. The smallest absolute Gasteiger partial charge is 0.255 e. The van der Waals surface area contributed by atoms with Crippen molar-refractivity contribution in [1.82, 2.24) is 0 Å². The summed E-state index contributed by atoms with van der Waals surface area (Å²) >= 11 is 0. The Morgan fingerprint density at radius 3 is 2.36 bits per heavy atom. The average molecular weight is 401 g/mol. The fourth-order valence-electron chi connectivity index (χ4n) is 3.22. The zero-order valence-electron chi connectivity index (χ0n) is 15.9. The highest BCUT2D eigenvalue weighted by atomic mass is 32.2. The molecule has 2 N–H and O–H groups in total. The van der Waals surface area contributed by atoms with E-state index in [-0.39, 0.29) is 17.6 Å². The molecule has 28 heavy (non-hydrogen) atoms. The van der Waals surface area contributed by atoms with Crippen molar-refractivity contribution in [1.29, 1.82) is 0 Å². The van der Waals surface area contributed by atoms with Gasteiger partial charge in [0.15, 0.2) is 0 Å². The minimum absolute atomic E-state index is 0.152. The fraction of sp³-hybridized carbons (Fsp3) is 0.300. The van der Waals surface area contributed by atoms with E-state index >= 15 is 0 Å². The van der Waals surface area contributed by atoms with Crippen molar-refractivity contribution in [2.75, 3.05) is 27.2 Å². The molecule has 0 spiro atoms. The molecule has 3 rings (SSSR count). The number of amides is 2. The highest BCUT2D eigenvalue weighted by molar-refractivity contribution is 7.92. The van der Waals surface area contributed by atoms with Gasteiger partial charge in [0.1, 0.15) is 0 Å². The molecule has 0 aliphatic carbocycles. The Morgan fingerprint density at radius 2 is 1.71 bits per heavy atom. The first-order valence-electron chi connectivity index (χ1n) is 9.06. The third kappa shape index (κ3) is 4.51. The van der Waals surface area contributed by atoms with Gasteiger partial charge in [0.2, 0.25) is 15.9 Å². The molecule has 7 nitrogen and oxygen atoms in total. The van der Waals surface area contributed by atoms with Gasteiger partial charge < -0.3 is 10.6 Å². The number of aryl methyl sites for hydroxylation is 1. The maximum Gasteiger partial charge on any atom is 0.255 e. The maximum absolute atomic E-state index is 12.6. The van der Waals surface area contributed by atoms with E-state index < -0.39 is 10.0 Å². The second-order valence-electron chi connectivity index (χ2n) is 6.81. The van der Waals surface area contributed by atoms with Crippen molar-refractivity contribution in [2.24, 2.45) is 0 Å². The van der Waals surface area contributed by atoms with E-state index in [1.807, 2.05) is 0 Å². The van der Waals surface area contributed by atoms with Gasteiger partial charge in [0.25, 0.3) is 5.91 Å². The molecule has 148 valence electrons. The van der Waals surface area contributed by atoms with E-state index in [4.69, 9.17) is 0 Å². The first-order chi connectivity index (χ1) is 13.3. The number of hydrogen-bond donors (Lipinski definition) is 2. The Kier molecular flexibility index (Phi) is 5.69. The first kappa shape index (κ1) is 19.9. The summed E-state index contributed by atoms with van der Waals surface area (Å²) in [6.45, 7) is 3.68. The SMILES string of the molecule is CC(=O)Nc1cccc(NC(=O)c2ccc(N3CCCCS3(=O)=O)c(C)c2)c1. The molecule has 8 heteroatoms. The summed E-state index contributed by atoms with van der Waals surface area (Å²) in [5.74, 6) is -0.349. The van der Waals surface area contributed by atoms with Crippen LogP contribution in [0.3, 0.4) is 0 Å². The summed E-state index contributed by atoms with van der Waals surface area (Å²) in [6.07, 6.45) is 1.50. The lowest BCUT2D eigenvalue weighted by Crippen LogP contribution is -2.38. The Bertz CT molecular complexity index is 1020. The normalized spacial score (nSPS) is 15.7. The van der Waals surface area contributed by atoms with Gasteiger partial charge in [-0.3, -0.25) is 13.9 Å². The number of hydrogen-bond acceptors (Lipinski definition) is 4. The van der Waals surface area contributed by atoms with Crippen LogP contribution in [0.1, 0.15) is 35.7 Å². The number of carbonyl (C=O) groups is 2. The molecule has 0 atom stereocenters. The van der Waals surface area contributed by atoms with Crippen LogP contribution in [0.25, 0.3) is 0 Å². The van der Waals surface area contributed by atoms with Crippen molar-refractivity contribution >= 4 is 38.9 Å². The molecule has 0 unspecified atom stereocenters. The Balaban J connectivity index is 1.78. The van der Waals surface area contributed by atoms with Crippen molar-refractivity contribution < 1.29 is 18.0 Å². The van der Waals surface area contributed by atoms with Crippen LogP contribution in [0, 0.1) is 6.92 Å².